The molecule has 0 aliphatic heterocycles. The summed E-state index contributed by atoms with van der Waals surface area (Å²) < 4.78 is 5.74. The van der Waals surface area contributed by atoms with Gasteiger partial charge >= 0.3 is 0 Å². The average Bonchev–Trinajstić information content (AvgIpc) is 3.06. The number of thiazole rings is 1. The number of nitrogens with one attached hydrogen (secondary N) is 2. The molecule has 2 aromatic heterocycles. The van der Waals surface area contributed by atoms with Gasteiger partial charge in [0.2, 0.25) is 0 Å². The van der Waals surface area contributed by atoms with Crippen LogP contribution in [0.4, 0.5) is 5.13 Å². The van der Waals surface area contributed by atoms with Gasteiger partial charge in [0, 0.05) is 35.5 Å². The van der Waals surface area contributed by atoms with E-state index < -0.39 is 0 Å². The smallest absolute Gasteiger partial charge is 0.183 e. The Balaban J connectivity index is 1.86. The summed E-state index contributed by atoms with van der Waals surface area (Å²) in [6.45, 7) is 8.49. The average molecular weight is 372 g/mol. The Labute approximate surface area is 157 Å². The van der Waals surface area contributed by atoms with E-state index in [1.54, 1.807) is 6.07 Å². The minimum Gasteiger partial charge on any atom is -0.507 e. The second-order valence-electron chi connectivity index (χ2n) is 6.24. The molecule has 2 heterocycles. The van der Waals surface area contributed by atoms with Gasteiger partial charge in [0.25, 0.3) is 0 Å². The first-order chi connectivity index (χ1) is 12.6. The Hall–Kier alpha value is -2.38. The Morgan fingerprint density at radius 3 is 2.81 bits per heavy atom. The first-order valence-electron chi connectivity index (χ1n) is 8.76. The number of aromatic nitrogens is 2. The Bertz CT molecular complexity index is 879. The zero-order valence-corrected chi connectivity index (χ0v) is 16.1. The molecule has 0 saturated carbocycles. The number of hydrogen-bond donors (Lipinski definition) is 3. The lowest BCUT2D eigenvalue weighted by Gasteiger charge is -2.09. The third-order valence-electron chi connectivity index (χ3n) is 3.74. The highest BCUT2D eigenvalue weighted by atomic mass is 32.1. The van der Waals surface area contributed by atoms with Crippen molar-refractivity contribution in [2.24, 2.45) is 0 Å². The number of hydrogen-bond acceptors (Lipinski definition) is 7. The molecule has 0 spiro atoms. The van der Waals surface area contributed by atoms with Crippen molar-refractivity contribution in [1.29, 1.82) is 0 Å². The molecule has 138 valence electrons. The van der Waals surface area contributed by atoms with Crippen LogP contribution in [0.3, 0.4) is 0 Å². The maximum absolute atomic E-state index is 10.4. The predicted octanol–water partition coefficient (Wildman–Crippen LogP) is 3.87. The molecule has 0 aliphatic carbocycles. The van der Waals surface area contributed by atoms with E-state index >= 15 is 0 Å². The number of aromatic hydroxyl groups is 1. The molecular formula is C19H24N4O2S. The molecule has 0 saturated heterocycles. The van der Waals surface area contributed by atoms with Crippen molar-refractivity contribution < 1.29 is 9.84 Å². The van der Waals surface area contributed by atoms with Gasteiger partial charge in [-0.25, -0.2) is 9.97 Å². The summed E-state index contributed by atoms with van der Waals surface area (Å²) in [7, 11) is 0. The summed E-state index contributed by atoms with van der Waals surface area (Å²) in [5, 5.41) is 20.4. The summed E-state index contributed by atoms with van der Waals surface area (Å²) in [5.41, 5.74) is 2.08. The number of likely N-dealkylation sites (N-methyl/N-ethyl adjacent to an activating group) is 1. The maximum Gasteiger partial charge on any atom is 0.183 e. The topological polar surface area (TPSA) is 79.3 Å². The van der Waals surface area contributed by atoms with Gasteiger partial charge in [0.15, 0.2) is 5.13 Å². The molecule has 0 aliphatic rings. The Kier molecular flexibility index (Phi) is 5.90. The van der Waals surface area contributed by atoms with Crippen molar-refractivity contribution in [2.75, 3.05) is 25.0 Å². The summed E-state index contributed by atoms with van der Waals surface area (Å²) in [6.07, 6.45) is 0. The Morgan fingerprint density at radius 1 is 1.19 bits per heavy atom. The first kappa shape index (κ1) is 18.4. The predicted molar refractivity (Wildman–Crippen MR) is 107 cm³/mol. The van der Waals surface area contributed by atoms with Gasteiger partial charge < -0.3 is 20.5 Å². The standard InChI is InChI=1S/C19H24N4O2S/c1-4-20-7-8-25-13-5-6-14-15(9-13)22-16(10-18(14)24)17-11-26-19(23-17)21-12(2)3/h5-6,9-12,20H,4,7-8H2,1-3H3,(H,21,23)(H,22,24). The fourth-order valence-corrected chi connectivity index (χ4v) is 3.38. The third kappa shape index (κ3) is 4.42. The van der Waals surface area contributed by atoms with E-state index in [-0.39, 0.29) is 5.75 Å². The van der Waals surface area contributed by atoms with E-state index in [0.29, 0.717) is 29.2 Å². The highest BCUT2D eigenvalue weighted by molar-refractivity contribution is 7.14. The summed E-state index contributed by atoms with van der Waals surface area (Å²) >= 11 is 1.53. The van der Waals surface area contributed by atoms with Crippen LogP contribution < -0.4 is 15.4 Å². The van der Waals surface area contributed by atoms with Crippen LogP contribution in [-0.4, -0.2) is 40.8 Å². The number of nitrogens with zero attached hydrogens (tertiary/aromatic N) is 2. The second kappa shape index (κ2) is 8.33. The summed E-state index contributed by atoms with van der Waals surface area (Å²) in [6, 6.07) is 7.50. The highest BCUT2D eigenvalue weighted by Gasteiger charge is 2.11. The lowest BCUT2D eigenvalue weighted by Crippen LogP contribution is -2.20. The molecule has 0 atom stereocenters. The molecule has 26 heavy (non-hydrogen) atoms. The summed E-state index contributed by atoms with van der Waals surface area (Å²) in [5.74, 6) is 0.926. The molecule has 1 aromatic carbocycles. The van der Waals surface area contributed by atoms with E-state index in [2.05, 4.69) is 41.4 Å². The molecule has 3 aromatic rings. The molecular weight excluding hydrogens is 348 g/mol. The monoisotopic (exact) mass is 372 g/mol. The molecule has 0 unspecified atom stereocenters. The molecule has 0 fully saturated rings. The van der Waals surface area contributed by atoms with Crippen LogP contribution in [0.2, 0.25) is 0 Å². The van der Waals surface area contributed by atoms with Crippen LogP contribution in [-0.2, 0) is 0 Å². The van der Waals surface area contributed by atoms with Gasteiger partial charge in [-0.05, 0) is 32.5 Å². The van der Waals surface area contributed by atoms with Gasteiger partial charge in [-0.3, -0.25) is 0 Å². The molecule has 6 nitrogen and oxygen atoms in total. The van der Waals surface area contributed by atoms with Gasteiger partial charge in [0.05, 0.1) is 11.2 Å². The molecule has 0 amide bonds. The normalized spacial score (nSPS) is 11.2. The van der Waals surface area contributed by atoms with Crippen LogP contribution in [0, 0.1) is 0 Å². The van der Waals surface area contributed by atoms with E-state index in [1.165, 1.54) is 11.3 Å². The van der Waals surface area contributed by atoms with Crippen molar-refractivity contribution in [2.45, 2.75) is 26.8 Å². The van der Waals surface area contributed by atoms with Crippen molar-refractivity contribution in [3.05, 3.63) is 29.6 Å². The quantitative estimate of drug-likeness (QED) is 0.521. The third-order valence-corrected chi connectivity index (χ3v) is 4.51. The number of benzene rings is 1. The zero-order valence-electron chi connectivity index (χ0n) is 15.2. The highest BCUT2D eigenvalue weighted by Crippen LogP contribution is 2.32. The van der Waals surface area contributed by atoms with Crippen LogP contribution in [0.1, 0.15) is 20.8 Å². The molecule has 0 radical (unpaired) electrons. The number of ether oxygens (including phenoxy) is 1. The van der Waals surface area contributed by atoms with Crippen LogP contribution in [0.25, 0.3) is 22.3 Å². The fraction of sp³-hybridized carbons (Fsp3) is 0.368. The SMILES string of the molecule is CCNCCOc1ccc2c(O)cc(-c3csc(NC(C)C)n3)nc2c1. The zero-order chi connectivity index (χ0) is 18.5. The second-order valence-corrected chi connectivity index (χ2v) is 7.10. The number of pyridine rings is 1. The van der Waals surface area contributed by atoms with Gasteiger partial charge in [0.1, 0.15) is 23.8 Å². The molecule has 3 N–H and O–H groups in total. The van der Waals surface area contributed by atoms with Gasteiger partial charge in [-0.15, -0.1) is 11.3 Å². The first-order valence-corrected chi connectivity index (χ1v) is 9.64. The van der Waals surface area contributed by atoms with E-state index in [9.17, 15) is 5.11 Å². The van der Waals surface area contributed by atoms with Crippen molar-refractivity contribution in [3.63, 3.8) is 0 Å². The van der Waals surface area contributed by atoms with Crippen LogP contribution in [0.15, 0.2) is 29.6 Å². The minimum atomic E-state index is 0.190. The maximum atomic E-state index is 10.4. The summed E-state index contributed by atoms with van der Waals surface area (Å²) in [4.78, 5) is 9.22. The Morgan fingerprint density at radius 2 is 2.04 bits per heavy atom. The van der Waals surface area contributed by atoms with E-state index in [4.69, 9.17) is 4.74 Å². The van der Waals surface area contributed by atoms with Crippen LogP contribution >= 0.6 is 11.3 Å². The number of anilines is 1. The van der Waals surface area contributed by atoms with Crippen molar-refractivity contribution >= 4 is 27.4 Å². The van der Waals surface area contributed by atoms with Crippen molar-refractivity contribution in [3.8, 4) is 22.9 Å². The number of rotatable bonds is 8. The van der Waals surface area contributed by atoms with Crippen molar-refractivity contribution in [1.82, 2.24) is 15.3 Å². The fourth-order valence-electron chi connectivity index (χ4n) is 2.53. The minimum absolute atomic E-state index is 0.190. The number of fused-ring (bicyclic) bond motifs is 1. The largest absolute Gasteiger partial charge is 0.507 e. The molecule has 3 rings (SSSR count). The molecule has 7 heteroatoms. The molecule has 0 bridgehead atoms. The van der Waals surface area contributed by atoms with E-state index in [0.717, 1.165) is 29.7 Å². The van der Waals surface area contributed by atoms with Crippen LogP contribution in [0.5, 0.6) is 11.5 Å². The van der Waals surface area contributed by atoms with Gasteiger partial charge in [-0.1, -0.05) is 6.92 Å². The lowest BCUT2D eigenvalue weighted by atomic mass is 10.1. The lowest BCUT2D eigenvalue weighted by molar-refractivity contribution is 0.316. The van der Waals surface area contributed by atoms with Gasteiger partial charge in [-0.2, -0.15) is 0 Å². The van der Waals surface area contributed by atoms with E-state index in [1.807, 2.05) is 23.6 Å².